The molecule has 20 heteroatoms. The van der Waals surface area contributed by atoms with Crippen LogP contribution in [0.3, 0.4) is 0 Å². The lowest BCUT2D eigenvalue weighted by atomic mass is 9.82. The van der Waals surface area contributed by atoms with Gasteiger partial charge in [-0.05, 0) is 140 Å². The lowest BCUT2D eigenvalue weighted by molar-refractivity contribution is -0.137. The van der Waals surface area contributed by atoms with E-state index in [0.29, 0.717) is 102 Å². The van der Waals surface area contributed by atoms with Crippen molar-refractivity contribution in [1.29, 1.82) is 0 Å². The minimum Gasteiger partial charge on any atom is -0.381 e. The number of aromatic nitrogens is 3. The molecule has 3 aliphatic carbocycles. The van der Waals surface area contributed by atoms with Gasteiger partial charge in [0.2, 0.25) is 29.5 Å². The van der Waals surface area contributed by atoms with Gasteiger partial charge in [-0.3, -0.25) is 29.0 Å². The summed E-state index contributed by atoms with van der Waals surface area (Å²) in [6, 6.07) is 5.52. The van der Waals surface area contributed by atoms with E-state index in [0.717, 1.165) is 49.8 Å². The van der Waals surface area contributed by atoms with Crippen molar-refractivity contribution in [2.75, 3.05) is 45.3 Å². The Bertz CT molecular complexity index is 2410. The van der Waals surface area contributed by atoms with Crippen molar-refractivity contribution in [3.63, 3.8) is 0 Å². The summed E-state index contributed by atoms with van der Waals surface area (Å²) in [7, 11) is 1.73. The highest BCUT2D eigenvalue weighted by atomic mass is 19.4. The molecule has 5 fully saturated rings. The number of ether oxygens (including phenoxy) is 2. The highest BCUT2D eigenvalue weighted by Crippen LogP contribution is 2.38. The van der Waals surface area contributed by atoms with Gasteiger partial charge in [-0.15, -0.1) is 0 Å². The van der Waals surface area contributed by atoms with E-state index < -0.39 is 23.7 Å². The van der Waals surface area contributed by atoms with Crippen LogP contribution in [0.4, 0.5) is 19.0 Å². The molecule has 8 rings (SSSR count). The number of carbonyl (C=O) groups is 5. The first-order valence-corrected chi connectivity index (χ1v) is 26.8. The third kappa shape index (κ3) is 14.3. The number of alkyl halides is 3. The Labute approximate surface area is 432 Å². The molecule has 2 aromatic heterocycles. The maximum atomic E-state index is 14.1. The van der Waals surface area contributed by atoms with E-state index in [1.807, 2.05) is 17.0 Å². The summed E-state index contributed by atoms with van der Waals surface area (Å²) >= 11 is 0. The number of hydrogen-bond donors (Lipinski definition) is 5. The maximum absolute atomic E-state index is 14.1. The minimum atomic E-state index is -4.55. The van der Waals surface area contributed by atoms with E-state index in [1.165, 1.54) is 12.4 Å². The molecule has 5 N–H and O–H groups in total. The number of anilines is 1. The van der Waals surface area contributed by atoms with Gasteiger partial charge in [-0.25, -0.2) is 9.97 Å². The molecule has 0 unspecified atom stereocenters. The van der Waals surface area contributed by atoms with Crippen molar-refractivity contribution in [1.82, 2.24) is 46.0 Å². The Kier molecular flexibility index (Phi) is 18.1. The molecule has 2 saturated heterocycles. The van der Waals surface area contributed by atoms with Crippen LogP contribution >= 0.6 is 0 Å². The largest absolute Gasteiger partial charge is 0.416 e. The van der Waals surface area contributed by atoms with Crippen LogP contribution < -0.4 is 26.6 Å². The average Bonchev–Trinajstić information content (AvgIpc) is 3.89. The third-order valence-corrected chi connectivity index (χ3v) is 15.7. The van der Waals surface area contributed by atoms with Gasteiger partial charge >= 0.3 is 6.18 Å². The van der Waals surface area contributed by atoms with Crippen molar-refractivity contribution in [2.24, 2.45) is 17.8 Å². The zero-order valence-corrected chi connectivity index (χ0v) is 43.3. The number of halogens is 3. The predicted molar refractivity (Wildman–Crippen MR) is 271 cm³/mol. The van der Waals surface area contributed by atoms with E-state index in [4.69, 9.17) is 9.47 Å². The van der Waals surface area contributed by atoms with Crippen LogP contribution in [0.1, 0.15) is 134 Å². The molecule has 0 radical (unpaired) electrons. The topological polar surface area (TPSA) is 209 Å². The van der Waals surface area contributed by atoms with Gasteiger partial charge in [0.1, 0.15) is 18.2 Å². The number of likely N-dealkylation sites (tertiary alicyclic amines) is 2. The fourth-order valence-corrected chi connectivity index (χ4v) is 11.9. The van der Waals surface area contributed by atoms with Gasteiger partial charge in [0.05, 0.1) is 47.8 Å². The molecule has 4 heterocycles. The molecule has 3 aromatic rings. The number of nitrogens with one attached hydrogen (secondary N) is 5. The Morgan fingerprint density at radius 2 is 1.64 bits per heavy atom. The van der Waals surface area contributed by atoms with Crippen LogP contribution in [-0.2, 0) is 39.6 Å². The first-order valence-electron chi connectivity index (χ1n) is 26.8. The Morgan fingerprint density at radius 3 is 2.36 bits per heavy atom. The second-order valence-corrected chi connectivity index (χ2v) is 22.2. The molecule has 0 bridgehead atoms. The van der Waals surface area contributed by atoms with E-state index in [2.05, 4.69) is 62.3 Å². The predicted octanol–water partition coefficient (Wildman–Crippen LogP) is 6.23. The summed E-state index contributed by atoms with van der Waals surface area (Å²) < 4.78 is 52.9. The third-order valence-electron chi connectivity index (χ3n) is 15.7. The Hall–Kier alpha value is -5.47. The van der Waals surface area contributed by atoms with Gasteiger partial charge in [-0.2, -0.15) is 13.2 Å². The van der Waals surface area contributed by atoms with Crippen LogP contribution in [0.2, 0.25) is 0 Å². The van der Waals surface area contributed by atoms with Gasteiger partial charge in [0.15, 0.2) is 0 Å². The molecule has 6 atom stereocenters. The molecular formula is C54H75F3N10O7. The molecule has 3 saturated carbocycles. The second kappa shape index (κ2) is 24.5. The van der Waals surface area contributed by atoms with Crippen LogP contribution in [0.5, 0.6) is 0 Å². The van der Waals surface area contributed by atoms with Crippen molar-refractivity contribution in [2.45, 2.75) is 171 Å². The van der Waals surface area contributed by atoms with E-state index in [1.54, 1.807) is 24.3 Å². The fourth-order valence-electron chi connectivity index (χ4n) is 11.9. The van der Waals surface area contributed by atoms with Crippen molar-refractivity contribution < 1.29 is 46.6 Å². The van der Waals surface area contributed by atoms with Crippen molar-refractivity contribution >= 4 is 46.3 Å². The number of carbonyl (C=O) groups excluding carboxylic acids is 5. The zero-order chi connectivity index (χ0) is 52.6. The summed E-state index contributed by atoms with van der Waals surface area (Å²) in [5.74, 6) is -0.540. The van der Waals surface area contributed by atoms with Gasteiger partial charge in [0.25, 0.3) is 0 Å². The Balaban J connectivity index is 0.711. The van der Waals surface area contributed by atoms with E-state index in [-0.39, 0.29) is 94.9 Å². The highest BCUT2D eigenvalue weighted by molar-refractivity contribution is 5.93. The minimum absolute atomic E-state index is 0.00704. The molecule has 1 aromatic carbocycles. The van der Waals surface area contributed by atoms with Gasteiger partial charge in [0, 0.05) is 87.5 Å². The number of rotatable bonds is 19. The van der Waals surface area contributed by atoms with Crippen LogP contribution in [-0.4, -0.2) is 136 Å². The molecular weight excluding hydrogens is 958 g/mol. The molecule has 17 nitrogen and oxygen atoms in total. The molecule has 5 aliphatic rings. The summed E-state index contributed by atoms with van der Waals surface area (Å²) in [6.07, 6.45) is 10.4. The number of pyridine rings is 1. The summed E-state index contributed by atoms with van der Waals surface area (Å²) in [5, 5.41) is 16.5. The van der Waals surface area contributed by atoms with Crippen molar-refractivity contribution in [3.8, 4) is 0 Å². The van der Waals surface area contributed by atoms with Gasteiger partial charge < -0.3 is 45.9 Å². The quantitative estimate of drug-likeness (QED) is 0.0847. The highest BCUT2D eigenvalue weighted by Gasteiger charge is 2.45. The second-order valence-electron chi connectivity index (χ2n) is 22.2. The fraction of sp³-hybridized carbons (Fsp3) is 0.667. The summed E-state index contributed by atoms with van der Waals surface area (Å²) in [6.45, 7) is 8.68. The van der Waals surface area contributed by atoms with E-state index >= 15 is 0 Å². The van der Waals surface area contributed by atoms with Crippen LogP contribution in [0.15, 0.2) is 49.1 Å². The summed E-state index contributed by atoms with van der Waals surface area (Å²) in [5.41, 5.74) is 0.206. The van der Waals surface area contributed by atoms with Crippen LogP contribution in [0.25, 0.3) is 10.9 Å². The maximum Gasteiger partial charge on any atom is 0.416 e. The molecule has 0 spiro atoms. The molecule has 74 heavy (non-hydrogen) atoms. The lowest BCUT2D eigenvalue weighted by Gasteiger charge is -2.43. The normalized spacial score (nSPS) is 27.8. The molecule has 404 valence electrons. The smallest absolute Gasteiger partial charge is 0.381 e. The van der Waals surface area contributed by atoms with E-state index in [9.17, 15) is 37.1 Å². The molecule has 5 amide bonds. The summed E-state index contributed by atoms with van der Waals surface area (Å²) in [4.78, 5) is 82.6. The van der Waals surface area contributed by atoms with Crippen LogP contribution in [0, 0.1) is 17.8 Å². The Morgan fingerprint density at radius 1 is 0.865 bits per heavy atom. The average molecular weight is 1030 g/mol. The van der Waals surface area contributed by atoms with Gasteiger partial charge in [-0.1, -0.05) is 6.07 Å². The first-order chi connectivity index (χ1) is 35.4. The number of amides is 5. The monoisotopic (exact) mass is 1030 g/mol. The number of benzene rings is 1. The number of nitrogens with zero attached hydrogens (tertiary/aromatic N) is 5. The van der Waals surface area contributed by atoms with Crippen molar-refractivity contribution in [3.05, 3.63) is 60.2 Å². The standard InChI is InChI=1S/C54H75F3N10O7/c1-53(2,3)65-38-16-20-45(67-24-21-43(52(67)72)63-49-40-27-36(54(55,56)57)13-19-42(40)60-32-61-49)44(28-38)64-50(70)34-11-14-37(15-12-34)62-46(68)8-6-25-73-31-33-9-17-39(18-10-33)74-26-23-59-51(71)41-29-47(69)66(4)48(41)35-7-5-22-58-30-35/h5,7,13,19,22,27,30,32-34,37-39,41,43-45,48,65H,6,8-12,14-18,20-21,23-26,28-29,31H2,1-4H3,(H,59,71)(H,62,68)(H,64,70)(H,60,61,63)/t33?,34?,37?,38-,39?,41+,43+,44-,45+,48-/m1/s1. The number of hydrogen-bond acceptors (Lipinski definition) is 12. The molecule has 2 aliphatic heterocycles. The SMILES string of the molecule is CN1C(=O)C[C@H](C(=O)NCCOC2CCC(COCCCC(=O)NC3CCC(C(=O)N[C@@H]4C[C@H](NC(C)(C)C)CC[C@@H]4N4CC[C@H](Nc5ncnc6ccc(C(F)(F)F)cc56)C4=O)CC3)CC2)[C@H]1c1cccnc1. The number of fused-ring (bicyclic) bond motifs is 1. The lowest BCUT2D eigenvalue weighted by Crippen LogP contribution is -2.60. The first kappa shape index (κ1) is 54.8. The zero-order valence-electron chi connectivity index (χ0n) is 43.3.